The van der Waals surface area contributed by atoms with Gasteiger partial charge in [0.15, 0.2) is 6.10 Å². The molecule has 134 valence electrons. The number of ether oxygens (including phenoxy) is 1. The van der Waals surface area contributed by atoms with Crippen LogP contribution >= 0.6 is 11.8 Å². The molecule has 0 radical (unpaired) electrons. The van der Waals surface area contributed by atoms with Gasteiger partial charge >= 0.3 is 5.97 Å². The third kappa shape index (κ3) is 3.51. The van der Waals surface area contributed by atoms with Gasteiger partial charge in [-0.25, -0.2) is 4.79 Å². The molecular formula is C18H22N2O4S. The normalized spacial score (nSPS) is 22.8. The highest BCUT2D eigenvalue weighted by molar-refractivity contribution is 8.01. The van der Waals surface area contributed by atoms with E-state index in [0.717, 1.165) is 17.7 Å². The molecule has 1 fully saturated rings. The number of benzene rings is 1. The molecule has 3 rings (SSSR count). The molecule has 0 aliphatic carbocycles. The highest BCUT2D eigenvalue weighted by Crippen LogP contribution is 2.30. The van der Waals surface area contributed by atoms with Crippen molar-refractivity contribution in [2.45, 2.75) is 44.1 Å². The molecule has 6 nitrogen and oxygen atoms in total. The van der Waals surface area contributed by atoms with E-state index in [2.05, 4.69) is 5.32 Å². The second-order valence-electron chi connectivity index (χ2n) is 6.80. The first-order valence-electron chi connectivity index (χ1n) is 8.34. The molecule has 2 heterocycles. The minimum Gasteiger partial charge on any atom is -0.451 e. The molecule has 0 spiro atoms. The fraction of sp³-hybridized carbons (Fsp3) is 0.500. The third-order valence-corrected chi connectivity index (χ3v) is 5.95. The Morgan fingerprint density at radius 2 is 2.08 bits per heavy atom. The Morgan fingerprint density at radius 3 is 2.80 bits per heavy atom. The Balaban J connectivity index is 1.61. The number of nitrogens with one attached hydrogen (secondary N) is 1. The lowest BCUT2D eigenvalue weighted by atomic mass is 10.1. The van der Waals surface area contributed by atoms with Crippen LogP contribution in [0.15, 0.2) is 24.3 Å². The zero-order chi connectivity index (χ0) is 18.2. The predicted molar refractivity (Wildman–Crippen MR) is 96.5 cm³/mol. The molecule has 2 atom stereocenters. The first-order chi connectivity index (χ1) is 11.8. The van der Waals surface area contributed by atoms with E-state index in [0.29, 0.717) is 12.3 Å². The van der Waals surface area contributed by atoms with Crippen LogP contribution < -0.4 is 10.2 Å². The van der Waals surface area contributed by atoms with Crippen molar-refractivity contribution < 1.29 is 19.1 Å². The van der Waals surface area contributed by atoms with Crippen LogP contribution in [0.25, 0.3) is 0 Å². The van der Waals surface area contributed by atoms with E-state index in [1.165, 1.54) is 11.8 Å². The van der Waals surface area contributed by atoms with Crippen LogP contribution in [0.1, 0.15) is 26.3 Å². The molecule has 0 bridgehead atoms. The van der Waals surface area contributed by atoms with E-state index in [-0.39, 0.29) is 11.8 Å². The largest absolute Gasteiger partial charge is 0.451 e. The summed E-state index contributed by atoms with van der Waals surface area (Å²) in [5.74, 6) is -0.568. The average Bonchev–Trinajstić information content (AvgIpc) is 3.00. The first-order valence-corrected chi connectivity index (χ1v) is 9.33. The lowest BCUT2D eigenvalue weighted by Gasteiger charge is -2.33. The van der Waals surface area contributed by atoms with E-state index in [4.69, 9.17) is 4.74 Å². The number of amides is 2. The number of thioether (sulfide) groups is 1. The quantitative estimate of drug-likeness (QED) is 0.825. The lowest BCUT2D eigenvalue weighted by molar-refractivity contribution is -0.156. The number of nitrogens with zero attached hydrogens (tertiary/aromatic N) is 1. The van der Waals surface area contributed by atoms with Crippen LogP contribution in [0.5, 0.6) is 0 Å². The Hall–Kier alpha value is -2.02. The molecule has 2 aliphatic rings. The van der Waals surface area contributed by atoms with Crippen LogP contribution in [-0.4, -0.2) is 47.0 Å². The van der Waals surface area contributed by atoms with Crippen LogP contribution in [0.4, 0.5) is 5.69 Å². The summed E-state index contributed by atoms with van der Waals surface area (Å²) in [6.45, 7) is 5.78. The van der Waals surface area contributed by atoms with Gasteiger partial charge in [0.1, 0.15) is 6.04 Å². The van der Waals surface area contributed by atoms with Crippen molar-refractivity contribution in [3.63, 3.8) is 0 Å². The number of rotatable bonds is 3. The summed E-state index contributed by atoms with van der Waals surface area (Å²) in [6.07, 6.45) is -0.0945. The van der Waals surface area contributed by atoms with Gasteiger partial charge in [0, 0.05) is 18.0 Å². The molecule has 7 heteroatoms. The molecule has 0 aromatic heterocycles. The highest BCUT2D eigenvalue weighted by Gasteiger charge is 2.39. The maximum Gasteiger partial charge on any atom is 0.330 e. The van der Waals surface area contributed by atoms with E-state index < -0.39 is 22.9 Å². The zero-order valence-corrected chi connectivity index (χ0v) is 15.4. The van der Waals surface area contributed by atoms with Crippen LogP contribution in [0.3, 0.4) is 0 Å². The van der Waals surface area contributed by atoms with Gasteiger partial charge in [0.2, 0.25) is 5.91 Å². The molecule has 2 amide bonds. The fourth-order valence-corrected chi connectivity index (χ4v) is 3.94. The van der Waals surface area contributed by atoms with Gasteiger partial charge in [-0.2, -0.15) is 0 Å². The topological polar surface area (TPSA) is 75.7 Å². The number of para-hydroxylation sites is 1. The fourth-order valence-electron chi connectivity index (χ4n) is 2.95. The summed E-state index contributed by atoms with van der Waals surface area (Å²) in [5.41, 5.74) is 1.99. The van der Waals surface area contributed by atoms with Gasteiger partial charge in [0.25, 0.3) is 5.91 Å². The number of carbonyl (C=O) groups excluding carboxylic acids is 3. The van der Waals surface area contributed by atoms with Gasteiger partial charge in [-0.05, 0) is 38.8 Å². The van der Waals surface area contributed by atoms with Crippen molar-refractivity contribution in [3.8, 4) is 0 Å². The highest BCUT2D eigenvalue weighted by atomic mass is 32.2. The second-order valence-corrected chi connectivity index (χ2v) is 8.44. The summed E-state index contributed by atoms with van der Waals surface area (Å²) >= 11 is 1.41. The van der Waals surface area contributed by atoms with Crippen molar-refractivity contribution in [1.82, 2.24) is 5.32 Å². The molecule has 1 N–H and O–H groups in total. The summed E-state index contributed by atoms with van der Waals surface area (Å²) in [4.78, 5) is 38.6. The standard InChI is InChI=1S/C18H22N2O4S/c1-11(15(21)20-9-8-12-6-4-5-7-14(12)20)24-16(22)13-10-25-18(2,3)17(23)19-13/h4-7,11,13H,8-10H2,1-3H3,(H,19,23)/t11-,13-/m0/s1. The lowest BCUT2D eigenvalue weighted by Crippen LogP contribution is -2.55. The third-order valence-electron chi connectivity index (χ3n) is 4.54. The smallest absolute Gasteiger partial charge is 0.330 e. The molecule has 2 aliphatic heterocycles. The van der Waals surface area contributed by atoms with Gasteiger partial charge in [-0.15, -0.1) is 11.8 Å². The SMILES string of the molecule is C[C@H](OC(=O)[C@@H]1CSC(C)(C)C(=O)N1)C(=O)N1CCc2ccccc21. The van der Waals surface area contributed by atoms with Crippen molar-refractivity contribution in [3.05, 3.63) is 29.8 Å². The number of fused-ring (bicyclic) bond motifs is 1. The van der Waals surface area contributed by atoms with E-state index >= 15 is 0 Å². The van der Waals surface area contributed by atoms with Crippen molar-refractivity contribution >= 4 is 35.2 Å². The number of esters is 1. The number of anilines is 1. The van der Waals surface area contributed by atoms with Crippen molar-refractivity contribution in [2.24, 2.45) is 0 Å². The minimum absolute atomic E-state index is 0.196. The van der Waals surface area contributed by atoms with Crippen LogP contribution in [0.2, 0.25) is 0 Å². The molecule has 0 unspecified atom stereocenters. The Bertz CT molecular complexity index is 719. The maximum atomic E-state index is 12.6. The monoisotopic (exact) mass is 362 g/mol. The molecule has 0 saturated carbocycles. The average molecular weight is 362 g/mol. The van der Waals surface area contributed by atoms with Crippen molar-refractivity contribution in [1.29, 1.82) is 0 Å². The number of hydrogen-bond donors (Lipinski definition) is 1. The van der Waals surface area contributed by atoms with Crippen LogP contribution in [-0.2, 0) is 25.5 Å². The molecule has 1 aromatic carbocycles. The van der Waals surface area contributed by atoms with Gasteiger partial charge in [-0.1, -0.05) is 18.2 Å². The zero-order valence-electron chi connectivity index (χ0n) is 14.6. The number of hydrogen-bond acceptors (Lipinski definition) is 5. The molecule has 1 saturated heterocycles. The number of carbonyl (C=O) groups is 3. The molecule has 1 aromatic rings. The van der Waals surface area contributed by atoms with Crippen LogP contribution in [0, 0.1) is 0 Å². The van der Waals surface area contributed by atoms with Gasteiger partial charge in [-0.3, -0.25) is 9.59 Å². The second kappa shape index (κ2) is 6.71. The van der Waals surface area contributed by atoms with E-state index in [9.17, 15) is 14.4 Å². The summed E-state index contributed by atoms with van der Waals surface area (Å²) in [5, 5.41) is 2.68. The first kappa shape index (κ1) is 17.8. The van der Waals surface area contributed by atoms with Gasteiger partial charge < -0.3 is 15.0 Å². The Labute approximate surface area is 151 Å². The Kier molecular flexibility index (Phi) is 4.77. The van der Waals surface area contributed by atoms with E-state index in [1.54, 1.807) is 11.8 Å². The van der Waals surface area contributed by atoms with Gasteiger partial charge in [0.05, 0.1) is 4.75 Å². The summed E-state index contributed by atoms with van der Waals surface area (Å²) < 4.78 is 4.78. The predicted octanol–water partition coefficient (Wildman–Crippen LogP) is 1.52. The van der Waals surface area contributed by atoms with Crippen molar-refractivity contribution in [2.75, 3.05) is 17.2 Å². The Morgan fingerprint density at radius 1 is 1.36 bits per heavy atom. The summed E-state index contributed by atoms with van der Waals surface area (Å²) in [6, 6.07) is 7.01. The minimum atomic E-state index is -0.893. The summed E-state index contributed by atoms with van der Waals surface area (Å²) in [7, 11) is 0. The maximum absolute atomic E-state index is 12.6. The molecular weight excluding hydrogens is 340 g/mol. The molecule has 25 heavy (non-hydrogen) atoms. The van der Waals surface area contributed by atoms with E-state index in [1.807, 2.05) is 38.1 Å².